The third-order valence-electron chi connectivity index (χ3n) is 8.04. The number of nitrogens with two attached hydrogens (primary N) is 1. The second-order valence-electron chi connectivity index (χ2n) is 10.7. The van der Waals surface area contributed by atoms with Crippen molar-refractivity contribution in [2.75, 3.05) is 12.4 Å². The molecule has 0 bridgehead atoms. The van der Waals surface area contributed by atoms with Crippen molar-refractivity contribution in [3.63, 3.8) is 0 Å². The molecule has 4 aromatic rings. The van der Waals surface area contributed by atoms with Crippen molar-refractivity contribution >= 4 is 38.5 Å². The van der Waals surface area contributed by atoms with Crippen LogP contribution in [0.3, 0.4) is 0 Å². The topological polar surface area (TPSA) is 50.4 Å². The second-order valence-corrected chi connectivity index (χ2v) is 10.7. The summed E-state index contributed by atoms with van der Waals surface area (Å²) >= 11 is 0. The molecule has 3 unspecified atom stereocenters. The SMILES string of the molecule is CCC(C/C(=C\C(=NC)C(F)(F)F)c1ccc2c(ccc3ccccc32)c1)c1ccc(NC2(N)CC2C)cc1. The van der Waals surface area contributed by atoms with E-state index in [0.29, 0.717) is 17.9 Å². The standard InChI is InChI=1S/C33H34F3N3/c1-4-22(23-11-14-28(15-12-23)39-32(37)20-21(32)2)17-27(19-31(38-3)33(34,35)36)25-13-16-30-26(18-25)10-9-24-7-5-6-8-29(24)30/h5-16,18-19,21-22,39H,4,17,20,37H2,1-3H3/b27-19+,38-31?. The fraction of sp³-hybridized carbons (Fsp3) is 0.303. The van der Waals surface area contributed by atoms with Gasteiger partial charge in [-0.2, -0.15) is 13.2 Å². The molecule has 0 heterocycles. The number of alkyl halides is 3. The minimum absolute atomic E-state index is 0.0376. The number of hydrogen-bond acceptors (Lipinski definition) is 3. The molecule has 6 heteroatoms. The van der Waals surface area contributed by atoms with Gasteiger partial charge in [0.1, 0.15) is 5.71 Å². The zero-order chi connectivity index (χ0) is 27.8. The summed E-state index contributed by atoms with van der Waals surface area (Å²) in [5.74, 6) is 0.465. The van der Waals surface area contributed by atoms with Gasteiger partial charge >= 0.3 is 6.18 Å². The maximum Gasteiger partial charge on any atom is 0.432 e. The van der Waals surface area contributed by atoms with Crippen LogP contribution >= 0.6 is 0 Å². The number of rotatable bonds is 8. The molecule has 1 aliphatic carbocycles. The number of aliphatic imine (C=N–C) groups is 1. The lowest BCUT2D eigenvalue weighted by Crippen LogP contribution is -2.34. The first-order valence-corrected chi connectivity index (χ1v) is 13.4. The molecule has 1 fully saturated rings. The molecule has 3 nitrogen and oxygen atoms in total. The summed E-state index contributed by atoms with van der Waals surface area (Å²) in [6.45, 7) is 4.19. The van der Waals surface area contributed by atoms with Gasteiger partial charge in [0, 0.05) is 12.7 Å². The zero-order valence-electron chi connectivity index (χ0n) is 22.5. The number of hydrogen-bond donors (Lipinski definition) is 2. The van der Waals surface area contributed by atoms with Gasteiger partial charge in [0.2, 0.25) is 0 Å². The Kier molecular flexibility index (Phi) is 7.25. The van der Waals surface area contributed by atoms with Crippen molar-refractivity contribution in [2.24, 2.45) is 16.6 Å². The fourth-order valence-electron chi connectivity index (χ4n) is 5.40. The van der Waals surface area contributed by atoms with E-state index in [1.807, 2.05) is 48.5 Å². The molecule has 4 aromatic carbocycles. The van der Waals surface area contributed by atoms with Gasteiger partial charge in [0.15, 0.2) is 0 Å². The molecule has 0 saturated heterocycles. The van der Waals surface area contributed by atoms with Gasteiger partial charge in [-0.25, -0.2) is 0 Å². The van der Waals surface area contributed by atoms with Gasteiger partial charge in [0.25, 0.3) is 0 Å². The predicted molar refractivity (Wildman–Crippen MR) is 157 cm³/mol. The average molecular weight is 530 g/mol. The highest BCUT2D eigenvalue weighted by atomic mass is 19.4. The van der Waals surface area contributed by atoms with Gasteiger partial charge < -0.3 is 11.1 Å². The van der Waals surface area contributed by atoms with Crippen molar-refractivity contribution in [1.82, 2.24) is 0 Å². The van der Waals surface area contributed by atoms with Gasteiger partial charge in [0.05, 0.1) is 5.66 Å². The van der Waals surface area contributed by atoms with Gasteiger partial charge in [-0.3, -0.25) is 4.99 Å². The minimum Gasteiger partial charge on any atom is -0.367 e. The smallest absolute Gasteiger partial charge is 0.367 e. The Balaban J connectivity index is 1.50. The molecule has 39 heavy (non-hydrogen) atoms. The maximum atomic E-state index is 13.8. The molecule has 0 aliphatic heterocycles. The number of nitrogens with zero attached hydrogens (tertiary/aromatic N) is 1. The van der Waals surface area contributed by atoms with Crippen LogP contribution in [0.25, 0.3) is 27.1 Å². The van der Waals surface area contributed by atoms with Crippen LogP contribution in [0.5, 0.6) is 0 Å². The Morgan fingerprint density at radius 2 is 1.69 bits per heavy atom. The zero-order valence-corrected chi connectivity index (χ0v) is 22.5. The van der Waals surface area contributed by atoms with Crippen LogP contribution in [0.4, 0.5) is 18.9 Å². The Morgan fingerprint density at radius 3 is 2.33 bits per heavy atom. The molecule has 1 saturated carbocycles. The van der Waals surface area contributed by atoms with E-state index in [4.69, 9.17) is 5.73 Å². The van der Waals surface area contributed by atoms with Crippen LogP contribution < -0.4 is 11.1 Å². The predicted octanol–water partition coefficient (Wildman–Crippen LogP) is 8.70. The number of anilines is 1. The molecule has 3 N–H and O–H groups in total. The monoisotopic (exact) mass is 529 g/mol. The number of fused-ring (bicyclic) bond motifs is 3. The van der Waals surface area contributed by atoms with Crippen molar-refractivity contribution < 1.29 is 13.2 Å². The summed E-state index contributed by atoms with van der Waals surface area (Å²) < 4.78 is 41.4. The number of allylic oxidation sites excluding steroid dienone is 2. The van der Waals surface area contributed by atoms with Crippen LogP contribution in [0, 0.1) is 5.92 Å². The molecule has 3 atom stereocenters. The molecular weight excluding hydrogens is 495 g/mol. The normalized spacial score (nSPS) is 20.8. The number of benzene rings is 4. The van der Waals surface area contributed by atoms with E-state index in [1.54, 1.807) is 0 Å². The summed E-state index contributed by atoms with van der Waals surface area (Å²) in [7, 11) is 1.19. The van der Waals surface area contributed by atoms with Crippen LogP contribution in [0.1, 0.15) is 50.2 Å². The summed E-state index contributed by atoms with van der Waals surface area (Å²) in [6, 6.07) is 26.3. The lowest BCUT2D eigenvalue weighted by Gasteiger charge is -2.21. The number of nitrogens with one attached hydrogen (secondary N) is 1. The van der Waals surface area contributed by atoms with Crippen molar-refractivity contribution in [2.45, 2.75) is 50.9 Å². The summed E-state index contributed by atoms with van der Waals surface area (Å²) in [5, 5.41) is 7.72. The van der Waals surface area contributed by atoms with Gasteiger partial charge in [-0.05, 0) is 93.6 Å². The molecule has 202 valence electrons. The largest absolute Gasteiger partial charge is 0.432 e. The van der Waals surface area contributed by atoms with E-state index in [9.17, 15) is 13.2 Å². The van der Waals surface area contributed by atoms with Crippen LogP contribution in [0.15, 0.2) is 89.9 Å². The molecule has 5 rings (SSSR count). The quantitative estimate of drug-likeness (QED) is 0.136. The summed E-state index contributed by atoms with van der Waals surface area (Å²) in [6.07, 6.45) is -1.14. The summed E-state index contributed by atoms with van der Waals surface area (Å²) in [4.78, 5) is 3.59. The number of halogens is 3. The van der Waals surface area contributed by atoms with Gasteiger partial charge in [-0.1, -0.05) is 74.5 Å². The molecule has 1 aliphatic rings. The molecule has 0 spiro atoms. The first kappa shape index (κ1) is 26.9. The third-order valence-corrected chi connectivity index (χ3v) is 8.04. The van der Waals surface area contributed by atoms with E-state index in [1.165, 1.54) is 13.1 Å². The van der Waals surface area contributed by atoms with Crippen LogP contribution in [-0.4, -0.2) is 24.6 Å². The van der Waals surface area contributed by atoms with Crippen molar-refractivity contribution in [3.05, 3.63) is 96.1 Å². The van der Waals surface area contributed by atoms with Crippen molar-refractivity contribution in [1.29, 1.82) is 0 Å². The lowest BCUT2D eigenvalue weighted by atomic mass is 9.86. The molecule has 0 radical (unpaired) electrons. The minimum atomic E-state index is -4.53. The van der Waals surface area contributed by atoms with E-state index in [2.05, 4.69) is 54.5 Å². The van der Waals surface area contributed by atoms with E-state index in [-0.39, 0.29) is 11.6 Å². The van der Waals surface area contributed by atoms with E-state index in [0.717, 1.165) is 51.2 Å². The highest BCUT2D eigenvalue weighted by Crippen LogP contribution is 2.41. The molecular formula is C33H34F3N3. The van der Waals surface area contributed by atoms with Crippen LogP contribution in [-0.2, 0) is 0 Å². The average Bonchev–Trinajstić information content (AvgIpc) is 3.52. The third kappa shape index (κ3) is 5.71. The van der Waals surface area contributed by atoms with Crippen molar-refractivity contribution in [3.8, 4) is 0 Å². The van der Waals surface area contributed by atoms with E-state index < -0.39 is 11.9 Å². The van der Waals surface area contributed by atoms with E-state index >= 15 is 0 Å². The molecule has 0 aromatic heterocycles. The lowest BCUT2D eigenvalue weighted by molar-refractivity contribution is -0.0577. The Morgan fingerprint density at radius 1 is 1.03 bits per heavy atom. The Hall–Kier alpha value is -3.64. The first-order valence-electron chi connectivity index (χ1n) is 13.4. The Labute approximate surface area is 227 Å². The highest BCUT2D eigenvalue weighted by molar-refractivity contribution is 6.09. The second kappa shape index (κ2) is 10.5. The molecule has 0 amide bonds. The fourth-order valence-corrected chi connectivity index (χ4v) is 5.40. The highest BCUT2D eigenvalue weighted by Gasteiger charge is 2.47. The summed E-state index contributed by atoms with van der Waals surface area (Å²) in [5.41, 5.74) is 8.51. The maximum absolute atomic E-state index is 13.8. The van der Waals surface area contributed by atoms with Crippen LogP contribution in [0.2, 0.25) is 0 Å². The Bertz CT molecular complexity index is 1550. The van der Waals surface area contributed by atoms with Gasteiger partial charge in [-0.15, -0.1) is 0 Å². The first-order chi connectivity index (χ1) is 18.6.